The fourth-order valence-corrected chi connectivity index (χ4v) is 2.25. The minimum atomic E-state index is 0.243. The molecule has 1 fully saturated rings. The molecule has 84 valence electrons. The third kappa shape index (κ3) is 1.52. The third-order valence-electron chi connectivity index (χ3n) is 2.92. The first-order chi connectivity index (χ1) is 7.74. The Labute approximate surface area is 97.6 Å². The number of aromatic amines is 1. The van der Waals surface area contributed by atoms with E-state index in [1.54, 1.807) is 12.3 Å². The molecule has 5 nitrogen and oxygen atoms in total. The molecule has 1 saturated heterocycles. The van der Waals surface area contributed by atoms with E-state index in [9.17, 15) is 0 Å². The standard InChI is InChI=1S/C10H12ClN5/c11-9-3-8-7(4-13-9)10(15-14-8)16-2-1-6(12)5-16/h3-4,6H,1-2,5,12H2,(H,14,15). The summed E-state index contributed by atoms with van der Waals surface area (Å²) in [6, 6.07) is 2.02. The topological polar surface area (TPSA) is 70.8 Å². The molecular weight excluding hydrogens is 226 g/mol. The van der Waals surface area contributed by atoms with Crippen molar-refractivity contribution in [2.45, 2.75) is 12.5 Å². The number of anilines is 1. The average Bonchev–Trinajstić information content (AvgIpc) is 2.83. The number of hydrogen-bond donors (Lipinski definition) is 2. The van der Waals surface area contributed by atoms with Gasteiger partial charge in [-0.1, -0.05) is 11.6 Å². The lowest BCUT2D eigenvalue weighted by atomic mass is 10.3. The Morgan fingerprint density at radius 2 is 2.44 bits per heavy atom. The maximum atomic E-state index is 5.88. The van der Waals surface area contributed by atoms with Crippen molar-refractivity contribution in [3.8, 4) is 0 Å². The van der Waals surface area contributed by atoms with Crippen molar-refractivity contribution < 1.29 is 0 Å². The van der Waals surface area contributed by atoms with E-state index in [4.69, 9.17) is 17.3 Å². The first kappa shape index (κ1) is 9.86. The molecule has 0 saturated carbocycles. The highest BCUT2D eigenvalue weighted by Gasteiger charge is 2.22. The van der Waals surface area contributed by atoms with Gasteiger partial charge in [-0.25, -0.2) is 4.98 Å². The lowest BCUT2D eigenvalue weighted by molar-refractivity contribution is 0.751. The number of pyridine rings is 1. The Kier molecular flexibility index (Phi) is 2.22. The van der Waals surface area contributed by atoms with E-state index in [1.807, 2.05) is 0 Å². The van der Waals surface area contributed by atoms with Crippen molar-refractivity contribution in [3.05, 3.63) is 17.4 Å². The maximum Gasteiger partial charge on any atom is 0.159 e. The lowest BCUT2D eigenvalue weighted by Gasteiger charge is -2.14. The van der Waals surface area contributed by atoms with E-state index in [2.05, 4.69) is 20.1 Å². The Morgan fingerprint density at radius 1 is 1.56 bits per heavy atom. The molecule has 0 spiro atoms. The predicted molar refractivity (Wildman–Crippen MR) is 63.7 cm³/mol. The van der Waals surface area contributed by atoms with Crippen molar-refractivity contribution in [2.24, 2.45) is 5.73 Å². The van der Waals surface area contributed by atoms with Crippen LogP contribution in [0.2, 0.25) is 5.15 Å². The van der Waals surface area contributed by atoms with Crippen molar-refractivity contribution in [2.75, 3.05) is 18.0 Å². The van der Waals surface area contributed by atoms with E-state index in [-0.39, 0.29) is 6.04 Å². The molecule has 2 aromatic heterocycles. The molecule has 6 heteroatoms. The normalized spacial score (nSPS) is 20.9. The molecule has 0 radical (unpaired) electrons. The lowest BCUT2D eigenvalue weighted by Crippen LogP contribution is -2.26. The fraction of sp³-hybridized carbons (Fsp3) is 0.400. The largest absolute Gasteiger partial charge is 0.353 e. The zero-order valence-corrected chi connectivity index (χ0v) is 9.41. The van der Waals surface area contributed by atoms with Crippen LogP contribution in [0.4, 0.5) is 5.82 Å². The Morgan fingerprint density at radius 3 is 3.19 bits per heavy atom. The zero-order chi connectivity index (χ0) is 11.1. The summed E-state index contributed by atoms with van der Waals surface area (Å²) in [6.07, 6.45) is 2.76. The van der Waals surface area contributed by atoms with Crippen LogP contribution in [0, 0.1) is 0 Å². The van der Waals surface area contributed by atoms with Crippen LogP contribution in [0.3, 0.4) is 0 Å². The molecule has 1 aliphatic rings. The highest BCUT2D eigenvalue weighted by Crippen LogP contribution is 2.27. The summed E-state index contributed by atoms with van der Waals surface area (Å²) in [5, 5.41) is 8.73. The highest BCUT2D eigenvalue weighted by molar-refractivity contribution is 6.30. The number of nitrogens with zero attached hydrogens (tertiary/aromatic N) is 3. The monoisotopic (exact) mass is 237 g/mol. The van der Waals surface area contributed by atoms with Gasteiger partial charge in [0.25, 0.3) is 0 Å². The smallest absolute Gasteiger partial charge is 0.159 e. The van der Waals surface area contributed by atoms with Gasteiger partial charge >= 0.3 is 0 Å². The van der Waals surface area contributed by atoms with E-state index >= 15 is 0 Å². The van der Waals surface area contributed by atoms with E-state index in [0.717, 1.165) is 36.2 Å². The van der Waals surface area contributed by atoms with Crippen LogP contribution in [0.25, 0.3) is 10.9 Å². The molecule has 1 aliphatic heterocycles. The van der Waals surface area contributed by atoms with Crippen LogP contribution in [-0.2, 0) is 0 Å². The summed E-state index contributed by atoms with van der Waals surface area (Å²) in [7, 11) is 0. The highest BCUT2D eigenvalue weighted by atomic mass is 35.5. The maximum absolute atomic E-state index is 5.88. The minimum absolute atomic E-state index is 0.243. The Balaban J connectivity index is 2.04. The number of halogens is 1. The van der Waals surface area contributed by atoms with E-state index in [0.29, 0.717) is 5.15 Å². The van der Waals surface area contributed by atoms with Gasteiger partial charge in [-0.05, 0) is 6.42 Å². The molecule has 1 atom stereocenters. The first-order valence-electron chi connectivity index (χ1n) is 5.24. The summed E-state index contributed by atoms with van der Waals surface area (Å²) in [5.41, 5.74) is 6.80. The Bertz CT molecular complexity index is 523. The van der Waals surface area contributed by atoms with Gasteiger partial charge in [0.05, 0.1) is 10.9 Å². The molecule has 0 aromatic carbocycles. The molecule has 3 rings (SSSR count). The first-order valence-corrected chi connectivity index (χ1v) is 5.62. The number of nitrogens with two attached hydrogens (primary N) is 1. The summed E-state index contributed by atoms with van der Waals surface area (Å²) >= 11 is 5.82. The molecule has 0 bridgehead atoms. The third-order valence-corrected chi connectivity index (χ3v) is 3.12. The van der Waals surface area contributed by atoms with Gasteiger partial charge in [0.2, 0.25) is 0 Å². The number of hydrogen-bond acceptors (Lipinski definition) is 4. The molecule has 0 aliphatic carbocycles. The summed E-state index contributed by atoms with van der Waals surface area (Å²) < 4.78 is 0. The van der Waals surface area contributed by atoms with E-state index < -0.39 is 0 Å². The van der Waals surface area contributed by atoms with Crippen molar-refractivity contribution >= 4 is 28.3 Å². The van der Waals surface area contributed by atoms with Crippen LogP contribution >= 0.6 is 11.6 Å². The van der Waals surface area contributed by atoms with Gasteiger partial charge in [0.15, 0.2) is 5.82 Å². The van der Waals surface area contributed by atoms with Gasteiger partial charge in [-0.3, -0.25) is 5.10 Å². The molecule has 0 amide bonds. The van der Waals surface area contributed by atoms with Gasteiger partial charge in [-0.2, -0.15) is 5.10 Å². The van der Waals surface area contributed by atoms with Crippen LogP contribution in [0.5, 0.6) is 0 Å². The fourth-order valence-electron chi connectivity index (χ4n) is 2.09. The van der Waals surface area contributed by atoms with Gasteiger partial charge in [0.1, 0.15) is 5.15 Å². The molecule has 16 heavy (non-hydrogen) atoms. The van der Waals surface area contributed by atoms with Crippen molar-refractivity contribution in [1.82, 2.24) is 15.2 Å². The Hall–Kier alpha value is -1.33. The zero-order valence-electron chi connectivity index (χ0n) is 8.65. The van der Waals surface area contributed by atoms with Crippen molar-refractivity contribution in [1.29, 1.82) is 0 Å². The van der Waals surface area contributed by atoms with Crippen LogP contribution < -0.4 is 10.6 Å². The average molecular weight is 238 g/mol. The predicted octanol–water partition coefficient (Wildman–Crippen LogP) is 1.15. The van der Waals surface area contributed by atoms with Gasteiger partial charge < -0.3 is 10.6 Å². The second-order valence-electron chi connectivity index (χ2n) is 4.09. The van der Waals surface area contributed by atoms with E-state index in [1.165, 1.54) is 0 Å². The number of aromatic nitrogens is 3. The molecule has 1 unspecified atom stereocenters. The SMILES string of the molecule is NC1CCN(c2n[nH]c3cc(Cl)ncc23)C1. The number of rotatable bonds is 1. The van der Waals surface area contributed by atoms with Crippen LogP contribution in [0.1, 0.15) is 6.42 Å². The van der Waals surface area contributed by atoms with Gasteiger partial charge in [0, 0.05) is 31.4 Å². The number of H-pyrrole nitrogens is 1. The van der Waals surface area contributed by atoms with Crippen molar-refractivity contribution in [3.63, 3.8) is 0 Å². The molecule has 3 N–H and O–H groups in total. The number of fused-ring (bicyclic) bond motifs is 1. The summed E-state index contributed by atoms with van der Waals surface area (Å²) in [4.78, 5) is 6.26. The quantitative estimate of drug-likeness (QED) is 0.730. The second-order valence-corrected chi connectivity index (χ2v) is 4.48. The van der Waals surface area contributed by atoms with Crippen LogP contribution in [0.15, 0.2) is 12.3 Å². The summed E-state index contributed by atoms with van der Waals surface area (Å²) in [6.45, 7) is 1.80. The van der Waals surface area contributed by atoms with Crippen LogP contribution in [-0.4, -0.2) is 34.3 Å². The molecule has 2 aromatic rings. The molecular formula is C10H12ClN5. The van der Waals surface area contributed by atoms with Gasteiger partial charge in [-0.15, -0.1) is 0 Å². The number of nitrogens with one attached hydrogen (secondary N) is 1. The second kappa shape index (κ2) is 3.61. The summed E-state index contributed by atoms with van der Waals surface area (Å²) in [5.74, 6) is 0.923. The molecule has 3 heterocycles. The minimum Gasteiger partial charge on any atom is -0.353 e.